The summed E-state index contributed by atoms with van der Waals surface area (Å²) in [5, 5.41) is 0. The van der Waals surface area contributed by atoms with Gasteiger partial charge in [0.05, 0.1) is 11.6 Å². The first kappa shape index (κ1) is 11.2. The van der Waals surface area contributed by atoms with Gasteiger partial charge in [0.15, 0.2) is 0 Å². The summed E-state index contributed by atoms with van der Waals surface area (Å²) in [5.74, 6) is 0.370. The van der Waals surface area contributed by atoms with Gasteiger partial charge in [-0.3, -0.25) is 0 Å². The molecule has 0 heterocycles. The first-order chi connectivity index (χ1) is 4.74. The van der Waals surface area contributed by atoms with Crippen LogP contribution in [0.4, 0.5) is 4.39 Å². The Morgan fingerprint density at radius 1 is 1.55 bits per heavy atom. The number of methoxy groups -OCH3 is 1. The minimum Gasteiger partial charge on any atom is -1.00 e. The molecule has 0 saturated carbocycles. The van der Waals surface area contributed by atoms with Crippen LogP contribution in [0.3, 0.4) is 0 Å². The van der Waals surface area contributed by atoms with Crippen LogP contribution in [0, 0.1) is 5.82 Å². The second-order valence-corrected chi connectivity index (χ2v) is 2.63. The van der Waals surface area contributed by atoms with Gasteiger partial charge < -0.3 is 7.59 Å². The number of rotatable bonds is 1. The van der Waals surface area contributed by atoms with Crippen molar-refractivity contribution in [1.29, 1.82) is 0 Å². The molecule has 0 radical (unpaired) electrons. The molecule has 1 rings (SSSR count). The Hall–Kier alpha value is 0.196. The molecule has 0 spiro atoms. The van der Waals surface area contributed by atoms with Gasteiger partial charge in [0.2, 0.25) is 0 Å². The average Bonchev–Trinajstić information content (AvgIpc) is 1.88. The number of hydrogen-bond donors (Lipinski definition) is 0. The van der Waals surface area contributed by atoms with Gasteiger partial charge in [-0.1, -0.05) is 0 Å². The molecule has 0 aliphatic carbocycles. The predicted molar refractivity (Wildman–Crippen MR) is 48.6 cm³/mol. The molecule has 1 aromatic rings. The predicted octanol–water partition coefficient (Wildman–Crippen LogP) is 2.44. The van der Waals surface area contributed by atoms with E-state index in [4.69, 9.17) is 4.74 Å². The van der Waals surface area contributed by atoms with Gasteiger partial charge in [-0.05, 0) is 34.1 Å². The molecule has 0 amide bonds. The van der Waals surface area contributed by atoms with Crippen molar-refractivity contribution in [1.82, 2.24) is 0 Å². The maximum Gasteiger partial charge on any atom is 2.00 e. The van der Waals surface area contributed by atoms with Crippen LogP contribution in [0.1, 0.15) is 2.85 Å². The second kappa shape index (κ2) is 4.95. The smallest absolute Gasteiger partial charge is 1.00 e. The summed E-state index contributed by atoms with van der Waals surface area (Å²) in [4.78, 5) is 0. The Morgan fingerprint density at radius 2 is 2.18 bits per heavy atom. The molecular weight excluding hydrogens is 223 g/mol. The third-order valence-electron chi connectivity index (χ3n) is 1.11. The van der Waals surface area contributed by atoms with E-state index in [0.717, 1.165) is 0 Å². The van der Waals surface area contributed by atoms with E-state index in [1.807, 2.05) is 0 Å². The molecular formula is C7H8BrFMgO. The van der Waals surface area contributed by atoms with E-state index in [1.165, 1.54) is 19.2 Å². The average molecular weight is 231 g/mol. The zero-order chi connectivity index (χ0) is 7.56. The molecule has 0 N–H and O–H groups in total. The summed E-state index contributed by atoms with van der Waals surface area (Å²) >= 11 is 3.14. The van der Waals surface area contributed by atoms with Crippen LogP contribution in [-0.4, -0.2) is 30.2 Å². The third kappa shape index (κ3) is 2.97. The zero-order valence-electron chi connectivity index (χ0n) is 8.10. The maximum atomic E-state index is 12.4. The van der Waals surface area contributed by atoms with Crippen LogP contribution in [0.5, 0.6) is 5.75 Å². The largest absolute Gasteiger partial charge is 2.00 e. The molecule has 0 fully saturated rings. The van der Waals surface area contributed by atoms with Gasteiger partial charge in [-0.2, -0.15) is 0 Å². The van der Waals surface area contributed by atoms with Crippen LogP contribution in [0.15, 0.2) is 22.7 Å². The number of ether oxygens (including phenoxy) is 1. The van der Waals surface area contributed by atoms with E-state index in [1.54, 1.807) is 6.07 Å². The SMILES string of the molecule is COc1ccc(F)cc1Br.[H-].[H-].[Mg+2]. The van der Waals surface area contributed by atoms with Crippen molar-refractivity contribution in [2.45, 2.75) is 0 Å². The van der Waals surface area contributed by atoms with Crippen molar-refractivity contribution < 1.29 is 12.0 Å². The standard InChI is InChI=1S/C7H6BrFO.Mg.2H/c1-10-7-3-2-5(9)4-6(7)8;;;/h2-4H,1H3;;;/q;+2;2*-1. The zero-order valence-corrected chi connectivity index (χ0v) is 9.10. The molecule has 1 aromatic carbocycles. The first-order valence-corrected chi connectivity index (χ1v) is 3.52. The van der Waals surface area contributed by atoms with Gasteiger partial charge in [-0.15, -0.1) is 0 Å². The molecule has 58 valence electrons. The summed E-state index contributed by atoms with van der Waals surface area (Å²) in [6, 6.07) is 4.28. The summed E-state index contributed by atoms with van der Waals surface area (Å²) in [7, 11) is 1.54. The fraction of sp³-hybridized carbons (Fsp3) is 0.143. The second-order valence-electron chi connectivity index (χ2n) is 1.78. The molecule has 0 aliphatic rings. The number of halogens is 2. The molecule has 0 saturated heterocycles. The first-order valence-electron chi connectivity index (χ1n) is 2.73. The summed E-state index contributed by atoms with van der Waals surface area (Å²) in [6.45, 7) is 0. The van der Waals surface area contributed by atoms with E-state index in [9.17, 15) is 4.39 Å². The van der Waals surface area contributed by atoms with Gasteiger partial charge in [0.25, 0.3) is 0 Å². The molecule has 11 heavy (non-hydrogen) atoms. The van der Waals surface area contributed by atoms with E-state index in [2.05, 4.69) is 15.9 Å². The van der Waals surface area contributed by atoms with E-state index < -0.39 is 0 Å². The monoisotopic (exact) mass is 230 g/mol. The minimum atomic E-state index is -0.271. The topological polar surface area (TPSA) is 9.23 Å². The van der Waals surface area contributed by atoms with Crippen molar-refractivity contribution in [3.63, 3.8) is 0 Å². The Bertz CT molecular complexity index is 250. The van der Waals surface area contributed by atoms with Crippen molar-refractivity contribution >= 4 is 39.0 Å². The van der Waals surface area contributed by atoms with E-state index in [0.29, 0.717) is 10.2 Å². The van der Waals surface area contributed by atoms with Crippen molar-refractivity contribution in [2.24, 2.45) is 0 Å². The van der Waals surface area contributed by atoms with Crippen LogP contribution in [0.25, 0.3) is 0 Å². The van der Waals surface area contributed by atoms with Gasteiger partial charge >= 0.3 is 23.1 Å². The van der Waals surface area contributed by atoms with Gasteiger partial charge in [-0.25, -0.2) is 4.39 Å². The Balaban J connectivity index is -0.000000333. The van der Waals surface area contributed by atoms with Gasteiger partial charge in [0.1, 0.15) is 11.6 Å². The molecule has 0 unspecified atom stereocenters. The molecule has 0 bridgehead atoms. The number of benzene rings is 1. The van der Waals surface area contributed by atoms with Crippen molar-refractivity contribution in [3.05, 3.63) is 28.5 Å². The van der Waals surface area contributed by atoms with Gasteiger partial charge in [0, 0.05) is 0 Å². The molecule has 0 aromatic heterocycles. The Morgan fingerprint density at radius 3 is 2.64 bits per heavy atom. The summed E-state index contributed by atoms with van der Waals surface area (Å²) in [5.41, 5.74) is 0. The van der Waals surface area contributed by atoms with E-state index >= 15 is 0 Å². The fourth-order valence-electron chi connectivity index (χ4n) is 0.641. The molecule has 0 atom stereocenters. The van der Waals surface area contributed by atoms with Crippen molar-refractivity contribution in [2.75, 3.05) is 7.11 Å². The van der Waals surface area contributed by atoms with E-state index in [-0.39, 0.29) is 31.7 Å². The number of hydrogen-bond acceptors (Lipinski definition) is 1. The maximum absolute atomic E-state index is 12.4. The van der Waals surface area contributed by atoms with Crippen LogP contribution < -0.4 is 4.74 Å². The molecule has 0 aliphatic heterocycles. The summed E-state index contributed by atoms with van der Waals surface area (Å²) in [6.07, 6.45) is 0. The summed E-state index contributed by atoms with van der Waals surface area (Å²) < 4.78 is 17.9. The quantitative estimate of drug-likeness (QED) is 0.675. The van der Waals surface area contributed by atoms with Crippen molar-refractivity contribution in [3.8, 4) is 5.75 Å². The fourth-order valence-corrected chi connectivity index (χ4v) is 1.15. The molecule has 4 heteroatoms. The van der Waals surface area contributed by atoms with Crippen LogP contribution >= 0.6 is 15.9 Å². The Kier molecular flexibility index (Phi) is 5.04. The molecule has 1 nitrogen and oxygen atoms in total. The third-order valence-corrected chi connectivity index (χ3v) is 1.73. The normalized spacial score (nSPS) is 8.64. The van der Waals surface area contributed by atoms with Crippen LogP contribution in [0.2, 0.25) is 0 Å². The Labute approximate surface area is 92.2 Å². The van der Waals surface area contributed by atoms with Crippen LogP contribution in [-0.2, 0) is 0 Å². The minimum absolute atomic E-state index is 0.